The smallest absolute Gasteiger partial charge is 0.232 e. The summed E-state index contributed by atoms with van der Waals surface area (Å²) in [5, 5.41) is 0. The fourth-order valence-electron chi connectivity index (χ4n) is 1.12. The Morgan fingerprint density at radius 2 is 2.21 bits per heavy atom. The molecule has 2 N–H and O–H groups in total. The first-order chi connectivity index (χ1) is 6.76. The predicted molar refractivity (Wildman–Crippen MR) is 55.2 cm³/mol. The van der Waals surface area contributed by atoms with Gasteiger partial charge >= 0.3 is 0 Å². The van der Waals surface area contributed by atoms with Crippen LogP contribution >= 0.6 is 0 Å². The lowest BCUT2D eigenvalue weighted by Gasteiger charge is -2.08. The first-order valence-corrected chi connectivity index (χ1v) is 4.95. The van der Waals surface area contributed by atoms with Crippen molar-refractivity contribution in [3.8, 4) is 5.88 Å². The van der Waals surface area contributed by atoms with Crippen molar-refractivity contribution >= 4 is 0 Å². The van der Waals surface area contributed by atoms with E-state index in [2.05, 4.69) is 16.9 Å². The third-order valence-electron chi connectivity index (χ3n) is 1.95. The zero-order valence-electron chi connectivity index (χ0n) is 8.73. The third kappa shape index (κ3) is 3.30. The molecule has 0 aromatic carbocycles. The van der Waals surface area contributed by atoms with E-state index in [1.165, 1.54) is 0 Å². The third-order valence-corrected chi connectivity index (χ3v) is 1.95. The molecule has 78 valence electrons. The molecule has 1 heterocycles. The summed E-state index contributed by atoms with van der Waals surface area (Å²) in [6, 6.07) is 0.154. The van der Waals surface area contributed by atoms with Gasteiger partial charge < -0.3 is 10.5 Å². The van der Waals surface area contributed by atoms with Crippen LogP contribution in [-0.4, -0.2) is 22.6 Å². The largest absolute Gasteiger partial charge is 0.477 e. The van der Waals surface area contributed by atoms with Crippen LogP contribution in [-0.2, 0) is 6.42 Å². The standard InChI is InChI=1S/C10H17N3O/c1-3-8(11)5-9-6-12-7-10(13-9)14-4-2/h6-8H,3-5,11H2,1-2H3. The van der Waals surface area contributed by atoms with Crippen molar-refractivity contribution in [2.75, 3.05) is 6.61 Å². The van der Waals surface area contributed by atoms with Gasteiger partial charge in [-0.2, -0.15) is 0 Å². The molecule has 1 atom stereocenters. The topological polar surface area (TPSA) is 61.0 Å². The minimum absolute atomic E-state index is 0.154. The highest BCUT2D eigenvalue weighted by Gasteiger charge is 2.04. The highest BCUT2D eigenvalue weighted by molar-refractivity contribution is 5.09. The van der Waals surface area contributed by atoms with Crippen LogP contribution in [0, 0.1) is 0 Å². The Hall–Kier alpha value is -1.16. The normalized spacial score (nSPS) is 12.5. The molecular formula is C10H17N3O. The zero-order valence-corrected chi connectivity index (χ0v) is 8.73. The first kappa shape index (κ1) is 10.9. The van der Waals surface area contributed by atoms with Crippen LogP contribution in [0.2, 0.25) is 0 Å². The zero-order chi connectivity index (χ0) is 10.4. The Bertz CT molecular complexity index is 278. The molecule has 14 heavy (non-hydrogen) atoms. The van der Waals surface area contributed by atoms with E-state index < -0.39 is 0 Å². The van der Waals surface area contributed by atoms with Gasteiger partial charge in [-0.1, -0.05) is 6.92 Å². The SMILES string of the molecule is CCOc1cncc(CC(N)CC)n1. The fourth-order valence-corrected chi connectivity index (χ4v) is 1.12. The molecule has 0 fully saturated rings. The summed E-state index contributed by atoms with van der Waals surface area (Å²) >= 11 is 0. The first-order valence-electron chi connectivity index (χ1n) is 4.95. The summed E-state index contributed by atoms with van der Waals surface area (Å²) < 4.78 is 5.25. The number of hydrogen-bond acceptors (Lipinski definition) is 4. The van der Waals surface area contributed by atoms with Gasteiger partial charge in [0, 0.05) is 18.7 Å². The van der Waals surface area contributed by atoms with Crippen LogP contribution < -0.4 is 10.5 Å². The quantitative estimate of drug-likeness (QED) is 0.765. The summed E-state index contributed by atoms with van der Waals surface area (Å²) in [6.45, 7) is 4.59. The van der Waals surface area contributed by atoms with Gasteiger partial charge in [-0.05, 0) is 13.3 Å². The van der Waals surface area contributed by atoms with E-state index in [9.17, 15) is 0 Å². The number of nitrogens with two attached hydrogens (primary N) is 1. The second-order valence-corrected chi connectivity index (χ2v) is 3.15. The predicted octanol–water partition coefficient (Wildman–Crippen LogP) is 1.16. The molecular weight excluding hydrogens is 178 g/mol. The van der Waals surface area contributed by atoms with Crippen LogP contribution in [0.3, 0.4) is 0 Å². The van der Waals surface area contributed by atoms with Gasteiger partial charge in [0.1, 0.15) is 0 Å². The van der Waals surface area contributed by atoms with Gasteiger partial charge in [0.15, 0.2) is 0 Å². The van der Waals surface area contributed by atoms with Crippen LogP contribution in [0.5, 0.6) is 5.88 Å². The molecule has 4 heteroatoms. The average Bonchev–Trinajstić information content (AvgIpc) is 2.19. The van der Waals surface area contributed by atoms with Gasteiger partial charge in [0.2, 0.25) is 5.88 Å². The number of nitrogens with zero attached hydrogens (tertiary/aromatic N) is 2. The van der Waals surface area contributed by atoms with Crippen molar-refractivity contribution in [3.05, 3.63) is 18.1 Å². The maximum absolute atomic E-state index is 5.82. The maximum Gasteiger partial charge on any atom is 0.232 e. The summed E-state index contributed by atoms with van der Waals surface area (Å²) in [7, 11) is 0. The minimum Gasteiger partial charge on any atom is -0.477 e. The van der Waals surface area contributed by atoms with E-state index in [-0.39, 0.29) is 6.04 Å². The lowest BCUT2D eigenvalue weighted by Crippen LogP contribution is -2.22. The van der Waals surface area contributed by atoms with E-state index in [1.54, 1.807) is 12.4 Å². The lowest BCUT2D eigenvalue weighted by molar-refractivity contribution is 0.323. The van der Waals surface area contributed by atoms with Crippen molar-refractivity contribution in [1.29, 1.82) is 0 Å². The van der Waals surface area contributed by atoms with Gasteiger partial charge in [-0.25, -0.2) is 4.98 Å². The van der Waals surface area contributed by atoms with Crippen LogP contribution in [0.25, 0.3) is 0 Å². The van der Waals surface area contributed by atoms with Crippen LogP contribution in [0.15, 0.2) is 12.4 Å². The van der Waals surface area contributed by atoms with E-state index in [0.717, 1.165) is 18.5 Å². The minimum atomic E-state index is 0.154. The monoisotopic (exact) mass is 195 g/mol. The molecule has 0 saturated heterocycles. The van der Waals surface area contributed by atoms with Crippen LogP contribution in [0.1, 0.15) is 26.0 Å². The average molecular weight is 195 g/mol. The van der Waals surface area contributed by atoms with Gasteiger partial charge in [0.05, 0.1) is 18.5 Å². The highest BCUT2D eigenvalue weighted by atomic mass is 16.5. The Morgan fingerprint density at radius 3 is 2.86 bits per heavy atom. The number of hydrogen-bond donors (Lipinski definition) is 1. The molecule has 0 aliphatic rings. The number of ether oxygens (including phenoxy) is 1. The van der Waals surface area contributed by atoms with Crippen molar-refractivity contribution in [2.24, 2.45) is 5.73 Å². The van der Waals surface area contributed by atoms with Crippen molar-refractivity contribution < 1.29 is 4.74 Å². The lowest BCUT2D eigenvalue weighted by atomic mass is 10.1. The van der Waals surface area contributed by atoms with Crippen molar-refractivity contribution in [2.45, 2.75) is 32.7 Å². The molecule has 0 radical (unpaired) electrons. The summed E-state index contributed by atoms with van der Waals surface area (Å²) in [6.07, 6.45) is 5.05. The maximum atomic E-state index is 5.82. The summed E-state index contributed by atoms with van der Waals surface area (Å²) in [4.78, 5) is 8.33. The van der Waals surface area contributed by atoms with E-state index in [4.69, 9.17) is 10.5 Å². The van der Waals surface area contributed by atoms with E-state index in [1.807, 2.05) is 6.92 Å². The van der Waals surface area contributed by atoms with E-state index in [0.29, 0.717) is 12.5 Å². The Kier molecular flexibility index (Phi) is 4.32. The molecule has 4 nitrogen and oxygen atoms in total. The Morgan fingerprint density at radius 1 is 1.43 bits per heavy atom. The van der Waals surface area contributed by atoms with Gasteiger partial charge in [-0.15, -0.1) is 0 Å². The molecule has 0 bridgehead atoms. The molecule has 0 aliphatic heterocycles. The molecule has 1 aromatic heterocycles. The van der Waals surface area contributed by atoms with Crippen molar-refractivity contribution in [1.82, 2.24) is 9.97 Å². The Balaban J connectivity index is 2.63. The number of aromatic nitrogens is 2. The summed E-state index contributed by atoms with van der Waals surface area (Å²) in [5.41, 5.74) is 6.71. The Labute approximate surface area is 84.5 Å². The molecule has 0 spiro atoms. The second kappa shape index (κ2) is 5.54. The molecule has 0 saturated carbocycles. The fraction of sp³-hybridized carbons (Fsp3) is 0.600. The highest BCUT2D eigenvalue weighted by Crippen LogP contribution is 2.07. The molecule has 1 rings (SSSR count). The molecule has 0 aliphatic carbocycles. The van der Waals surface area contributed by atoms with Gasteiger partial charge in [0.25, 0.3) is 0 Å². The second-order valence-electron chi connectivity index (χ2n) is 3.15. The number of rotatable bonds is 5. The van der Waals surface area contributed by atoms with Crippen molar-refractivity contribution in [3.63, 3.8) is 0 Å². The molecule has 1 aromatic rings. The molecule has 0 amide bonds. The van der Waals surface area contributed by atoms with Crippen LogP contribution in [0.4, 0.5) is 0 Å². The molecule has 1 unspecified atom stereocenters. The van der Waals surface area contributed by atoms with Gasteiger partial charge in [-0.3, -0.25) is 4.98 Å². The van der Waals surface area contributed by atoms with E-state index >= 15 is 0 Å². The summed E-state index contributed by atoms with van der Waals surface area (Å²) in [5.74, 6) is 0.577.